The van der Waals surface area contributed by atoms with Gasteiger partial charge < -0.3 is 16.0 Å². The summed E-state index contributed by atoms with van der Waals surface area (Å²) in [5.74, 6) is -0.204. The third-order valence-corrected chi connectivity index (χ3v) is 3.25. The molecule has 2 aromatic carbocycles. The highest BCUT2D eigenvalue weighted by Gasteiger charge is 2.10. The Morgan fingerprint density at radius 2 is 1.39 bits per heavy atom. The Bertz CT molecular complexity index is 724. The van der Waals surface area contributed by atoms with Crippen LogP contribution in [0.5, 0.6) is 0 Å². The number of benzene rings is 2. The van der Waals surface area contributed by atoms with Gasteiger partial charge in [-0.1, -0.05) is 36.4 Å². The molecule has 2 aromatic rings. The Morgan fingerprint density at radius 3 is 2.00 bits per heavy atom. The molecule has 0 unspecified atom stereocenters. The van der Waals surface area contributed by atoms with Crippen molar-refractivity contribution < 1.29 is 9.59 Å². The van der Waals surface area contributed by atoms with Gasteiger partial charge in [-0.25, -0.2) is 4.79 Å². The third-order valence-electron chi connectivity index (χ3n) is 3.25. The molecule has 3 N–H and O–H groups in total. The predicted molar refractivity (Wildman–Crippen MR) is 93.6 cm³/mol. The van der Waals surface area contributed by atoms with E-state index in [9.17, 15) is 9.59 Å². The predicted octanol–water partition coefficient (Wildman–Crippen LogP) is 4.24. The first-order valence-corrected chi connectivity index (χ1v) is 7.26. The zero-order valence-corrected chi connectivity index (χ0v) is 13.1. The van der Waals surface area contributed by atoms with Gasteiger partial charge in [0.2, 0.25) is 0 Å². The molecule has 0 spiro atoms. The molecule has 3 amide bonds. The van der Waals surface area contributed by atoms with Crippen LogP contribution in [0.15, 0.2) is 66.2 Å². The highest BCUT2D eigenvalue weighted by Crippen LogP contribution is 2.22. The highest BCUT2D eigenvalue weighted by atomic mass is 16.2. The van der Waals surface area contributed by atoms with E-state index >= 15 is 0 Å². The normalized spacial score (nSPS) is 10.8. The SMILES string of the molecule is C/C=C(\C)C(=O)Nc1ccccc1NC(=O)Nc1ccccc1. The Hall–Kier alpha value is -3.08. The monoisotopic (exact) mass is 309 g/mol. The Morgan fingerprint density at radius 1 is 0.826 bits per heavy atom. The van der Waals surface area contributed by atoms with Crippen LogP contribution >= 0.6 is 0 Å². The Labute approximate surface area is 135 Å². The summed E-state index contributed by atoms with van der Waals surface area (Å²) in [5.41, 5.74) is 2.37. The van der Waals surface area contributed by atoms with E-state index in [0.717, 1.165) is 0 Å². The quantitative estimate of drug-likeness (QED) is 0.739. The molecule has 0 aliphatic rings. The van der Waals surface area contributed by atoms with Crippen LogP contribution in [0.4, 0.5) is 21.9 Å². The fourth-order valence-corrected chi connectivity index (χ4v) is 1.86. The summed E-state index contributed by atoms with van der Waals surface area (Å²) >= 11 is 0. The average Bonchev–Trinajstić information content (AvgIpc) is 2.56. The number of hydrogen-bond acceptors (Lipinski definition) is 2. The molecule has 0 bridgehead atoms. The van der Waals surface area contributed by atoms with Gasteiger partial charge in [-0.05, 0) is 38.1 Å². The van der Waals surface area contributed by atoms with Crippen LogP contribution in [0.1, 0.15) is 13.8 Å². The second-order valence-corrected chi connectivity index (χ2v) is 4.92. The fraction of sp³-hybridized carbons (Fsp3) is 0.111. The number of carbonyl (C=O) groups excluding carboxylic acids is 2. The lowest BCUT2D eigenvalue weighted by molar-refractivity contribution is -0.112. The van der Waals surface area contributed by atoms with E-state index in [-0.39, 0.29) is 11.9 Å². The zero-order chi connectivity index (χ0) is 16.7. The molecule has 23 heavy (non-hydrogen) atoms. The minimum absolute atomic E-state index is 0.204. The van der Waals surface area contributed by atoms with Crippen LogP contribution in [0.25, 0.3) is 0 Å². The van der Waals surface area contributed by atoms with Crippen molar-refractivity contribution in [3.05, 3.63) is 66.2 Å². The van der Waals surface area contributed by atoms with E-state index in [1.807, 2.05) is 18.2 Å². The molecule has 0 atom stereocenters. The summed E-state index contributed by atoms with van der Waals surface area (Å²) < 4.78 is 0. The molecule has 0 aromatic heterocycles. The number of allylic oxidation sites excluding steroid dienone is 1. The van der Waals surface area contributed by atoms with Crippen LogP contribution in [-0.2, 0) is 4.79 Å². The standard InChI is InChI=1S/C18H19N3O2/c1-3-13(2)17(22)20-15-11-7-8-12-16(15)21-18(23)19-14-9-5-4-6-10-14/h3-12H,1-2H3,(H,20,22)(H2,19,21,23)/b13-3+. The number of rotatable bonds is 4. The molecular formula is C18H19N3O2. The van der Waals surface area contributed by atoms with Gasteiger partial charge in [0.05, 0.1) is 11.4 Å². The molecule has 118 valence electrons. The molecule has 0 saturated heterocycles. The maximum atomic E-state index is 12.1. The molecule has 0 aliphatic heterocycles. The lowest BCUT2D eigenvalue weighted by Gasteiger charge is -2.13. The summed E-state index contributed by atoms with van der Waals surface area (Å²) in [7, 11) is 0. The number of nitrogens with one attached hydrogen (secondary N) is 3. The number of anilines is 3. The van der Waals surface area contributed by atoms with Gasteiger partial charge in [-0.3, -0.25) is 4.79 Å². The molecule has 0 fully saturated rings. The van der Waals surface area contributed by atoms with Gasteiger partial charge in [0.1, 0.15) is 0 Å². The number of amides is 3. The number of carbonyl (C=O) groups is 2. The van der Waals surface area contributed by atoms with Gasteiger partial charge in [-0.2, -0.15) is 0 Å². The molecular weight excluding hydrogens is 290 g/mol. The van der Waals surface area contributed by atoms with Crippen LogP contribution < -0.4 is 16.0 Å². The van der Waals surface area contributed by atoms with E-state index in [1.54, 1.807) is 56.3 Å². The molecule has 5 nitrogen and oxygen atoms in total. The van der Waals surface area contributed by atoms with Gasteiger partial charge in [0.15, 0.2) is 0 Å². The lowest BCUT2D eigenvalue weighted by atomic mass is 10.2. The van der Waals surface area contributed by atoms with E-state index in [1.165, 1.54) is 0 Å². The van der Waals surface area contributed by atoms with Crippen molar-refractivity contribution in [3.63, 3.8) is 0 Å². The first-order chi connectivity index (χ1) is 11.1. The summed E-state index contributed by atoms with van der Waals surface area (Å²) in [6.45, 7) is 3.53. The van der Waals surface area contributed by atoms with Crippen molar-refractivity contribution in [3.8, 4) is 0 Å². The minimum atomic E-state index is -0.374. The smallest absolute Gasteiger partial charge is 0.320 e. The zero-order valence-electron chi connectivity index (χ0n) is 13.1. The van der Waals surface area contributed by atoms with E-state index in [2.05, 4.69) is 16.0 Å². The maximum Gasteiger partial charge on any atom is 0.323 e. The van der Waals surface area contributed by atoms with Crippen LogP contribution in [-0.4, -0.2) is 11.9 Å². The second kappa shape index (κ2) is 7.79. The molecule has 0 aliphatic carbocycles. The topological polar surface area (TPSA) is 70.2 Å². The lowest BCUT2D eigenvalue weighted by Crippen LogP contribution is -2.21. The van der Waals surface area contributed by atoms with Crippen LogP contribution in [0.2, 0.25) is 0 Å². The van der Waals surface area contributed by atoms with E-state index in [0.29, 0.717) is 22.6 Å². The van der Waals surface area contributed by atoms with Crippen LogP contribution in [0, 0.1) is 0 Å². The molecule has 0 radical (unpaired) electrons. The van der Waals surface area contributed by atoms with Gasteiger partial charge in [0, 0.05) is 11.3 Å². The number of hydrogen-bond donors (Lipinski definition) is 3. The van der Waals surface area contributed by atoms with E-state index in [4.69, 9.17) is 0 Å². The summed E-state index contributed by atoms with van der Waals surface area (Å²) in [6.07, 6.45) is 1.73. The summed E-state index contributed by atoms with van der Waals surface area (Å²) in [5, 5.41) is 8.25. The Balaban J connectivity index is 2.08. The Kier molecular flexibility index (Phi) is 5.52. The van der Waals surface area contributed by atoms with Gasteiger partial charge in [-0.15, -0.1) is 0 Å². The van der Waals surface area contributed by atoms with Gasteiger partial charge >= 0.3 is 6.03 Å². The largest absolute Gasteiger partial charge is 0.323 e. The molecule has 5 heteroatoms. The maximum absolute atomic E-state index is 12.1. The van der Waals surface area contributed by atoms with Crippen molar-refractivity contribution in [1.82, 2.24) is 0 Å². The van der Waals surface area contributed by atoms with Crippen LogP contribution in [0.3, 0.4) is 0 Å². The first-order valence-electron chi connectivity index (χ1n) is 7.26. The van der Waals surface area contributed by atoms with Crippen molar-refractivity contribution >= 4 is 29.0 Å². The first kappa shape index (κ1) is 16.3. The number of para-hydroxylation sites is 3. The molecule has 0 saturated carbocycles. The molecule has 0 heterocycles. The van der Waals surface area contributed by atoms with Crippen molar-refractivity contribution in [1.29, 1.82) is 0 Å². The average molecular weight is 309 g/mol. The second-order valence-electron chi connectivity index (χ2n) is 4.92. The van der Waals surface area contributed by atoms with Crippen molar-refractivity contribution in [2.24, 2.45) is 0 Å². The molecule has 2 rings (SSSR count). The fourth-order valence-electron chi connectivity index (χ4n) is 1.86. The number of urea groups is 1. The van der Waals surface area contributed by atoms with Gasteiger partial charge in [0.25, 0.3) is 5.91 Å². The highest BCUT2D eigenvalue weighted by molar-refractivity contribution is 6.07. The van der Waals surface area contributed by atoms with Crippen molar-refractivity contribution in [2.75, 3.05) is 16.0 Å². The third kappa shape index (κ3) is 4.71. The summed E-state index contributed by atoms with van der Waals surface area (Å²) in [4.78, 5) is 24.0. The minimum Gasteiger partial charge on any atom is -0.320 e. The summed E-state index contributed by atoms with van der Waals surface area (Å²) in [6, 6.07) is 15.8. The van der Waals surface area contributed by atoms with E-state index < -0.39 is 0 Å². The van der Waals surface area contributed by atoms with Crippen molar-refractivity contribution in [2.45, 2.75) is 13.8 Å².